The highest BCUT2D eigenvalue weighted by Gasteiger charge is 2.36. The number of nitriles is 1. The molecule has 1 aliphatic rings. The van der Waals surface area contributed by atoms with Gasteiger partial charge in [-0.15, -0.1) is 0 Å². The van der Waals surface area contributed by atoms with Gasteiger partial charge in [0.15, 0.2) is 0 Å². The topological polar surface area (TPSA) is 94.2 Å². The Hall–Kier alpha value is -4.19. The van der Waals surface area contributed by atoms with E-state index in [-0.39, 0.29) is 29.3 Å². The monoisotopic (exact) mass is 543 g/mol. The number of hydrogen-bond acceptors (Lipinski definition) is 5. The minimum Gasteiger partial charge on any atom is -0.508 e. The molecule has 1 amide bonds. The van der Waals surface area contributed by atoms with Crippen LogP contribution in [0.2, 0.25) is 5.02 Å². The van der Waals surface area contributed by atoms with Crippen LogP contribution in [-0.2, 0) is 24.3 Å². The molecule has 0 spiro atoms. The van der Waals surface area contributed by atoms with Crippen molar-refractivity contribution < 1.29 is 14.3 Å². The minimum atomic E-state index is -0.550. The van der Waals surface area contributed by atoms with Gasteiger partial charge in [-0.3, -0.25) is 4.79 Å². The number of amides is 1. The lowest BCUT2D eigenvalue weighted by Gasteiger charge is -2.29. The number of likely N-dealkylation sites (tertiary alicyclic amines) is 1. The summed E-state index contributed by atoms with van der Waals surface area (Å²) in [4.78, 5) is 19.7. The number of benzene rings is 3. The van der Waals surface area contributed by atoms with Crippen molar-refractivity contribution in [3.63, 3.8) is 0 Å². The van der Waals surface area contributed by atoms with Crippen molar-refractivity contribution in [2.24, 2.45) is 0 Å². The molecule has 2 heterocycles. The zero-order valence-electron chi connectivity index (χ0n) is 21.1. The Balaban J connectivity index is 1.28. The van der Waals surface area contributed by atoms with Gasteiger partial charge >= 0.3 is 0 Å². The second-order valence-corrected chi connectivity index (χ2v) is 10.1. The van der Waals surface area contributed by atoms with Crippen LogP contribution >= 0.6 is 11.6 Å². The number of nitrogens with one attached hydrogen (secondary N) is 1. The van der Waals surface area contributed by atoms with E-state index < -0.39 is 5.82 Å². The molecular weight excluding hydrogens is 517 g/mol. The SMILES string of the molecule is N#Cc1ccc(Cn2cncc2CN[C@@H]2CCN([C@H](Cc3cccc(Cl)c3)c3cccc(O)c3)C2=O)cc1F. The number of hydrogen-bond donors (Lipinski definition) is 2. The zero-order chi connectivity index (χ0) is 27.4. The van der Waals surface area contributed by atoms with E-state index in [1.165, 1.54) is 12.1 Å². The lowest BCUT2D eigenvalue weighted by Crippen LogP contribution is -2.40. The molecule has 0 unspecified atom stereocenters. The van der Waals surface area contributed by atoms with Crippen LogP contribution in [0.1, 0.15) is 40.4 Å². The molecule has 9 heteroatoms. The smallest absolute Gasteiger partial charge is 0.240 e. The van der Waals surface area contributed by atoms with Crippen molar-refractivity contribution in [2.45, 2.75) is 38.0 Å². The summed E-state index contributed by atoms with van der Waals surface area (Å²) in [7, 11) is 0. The Kier molecular flexibility index (Phi) is 7.92. The summed E-state index contributed by atoms with van der Waals surface area (Å²) in [5.41, 5.74) is 3.44. The molecule has 3 aromatic carbocycles. The number of nitrogens with zero attached hydrogens (tertiary/aromatic N) is 4. The van der Waals surface area contributed by atoms with Gasteiger partial charge in [0.2, 0.25) is 5.91 Å². The van der Waals surface area contributed by atoms with Crippen LogP contribution in [0.5, 0.6) is 5.75 Å². The Bertz CT molecular complexity index is 1530. The summed E-state index contributed by atoms with van der Waals surface area (Å²) >= 11 is 6.22. The van der Waals surface area contributed by atoms with E-state index in [9.17, 15) is 14.3 Å². The third-order valence-corrected chi connectivity index (χ3v) is 7.26. The molecule has 0 saturated carbocycles. The molecule has 1 aromatic heterocycles. The van der Waals surface area contributed by atoms with Gasteiger partial charge in [0, 0.05) is 30.9 Å². The second-order valence-electron chi connectivity index (χ2n) is 9.64. The molecule has 2 atom stereocenters. The van der Waals surface area contributed by atoms with Crippen LogP contribution in [0.4, 0.5) is 4.39 Å². The number of carbonyl (C=O) groups is 1. The maximum Gasteiger partial charge on any atom is 0.240 e. The van der Waals surface area contributed by atoms with Gasteiger partial charge < -0.3 is 19.9 Å². The van der Waals surface area contributed by atoms with Crippen molar-refractivity contribution in [3.8, 4) is 11.8 Å². The summed E-state index contributed by atoms with van der Waals surface area (Å²) < 4.78 is 15.9. The molecule has 5 rings (SSSR count). The van der Waals surface area contributed by atoms with Crippen molar-refractivity contribution in [2.75, 3.05) is 6.54 Å². The highest BCUT2D eigenvalue weighted by molar-refractivity contribution is 6.30. The number of aromatic hydroxyl groups is 1. The summed E-state index contributed by atoms with van der Waals surface area (Å²) in [5, 5.41) is 23.1. The molecular formula is C30H27ClFN5O2. The Morgan fingerprint density at radius 3 is 2.77 bits per heavy atom. The maximum atomic E-state index is 14.1. The first-order valence-corrected chi connectivity index (χ1v) is 13.0. The standard InChI is InChI=1S/C30H27ClFN5O2/c31-24-5-1-3-20(11-24)13-29(22-4-2-6-26(38)14-22)37-10-9-28(30(37)39)35-17-25-16-34-19-36(25)18-21-7-8-23(15-33)27(32)12-21/h1-8,11-12,14,16,19,28-29,35,38H,9-10,13,17-18H2/t28-,29-/m1/s1. The van der Waals surface area contributed by atoms with Gasteiger partial charge in [-0.1, -0.05) is 41.9 Å². The number of aromatic nitrogens is 2. The van der Waals surface area contributed by atoms with Crippen molar-refractivity contribution in [1.29, 1.82) is 5.26 Å². The third-order valence-electron chi connectivity index (χ3n) is 7.02. The summed E-state index contributed by atoms with van der Waals surface area (Å²) in [5.74, 6) is -0.406. The number of carbonyl (C=O) groups excluding carboxylic acids is 1. The lowest BCUT2D eigenvalue weighted by molar-refractivity contribution is -0.131. The molecule has 0 bridgehead atoms. The van der Waals surface area contributed by atoms with Crippen LogP contribution in [0.3, 0.4) is 0 Å². The van der Waals surface area contributed by atoms with Crippen LogP contribution < -0.4 is 5.32 Å². The molecule has 1 fully saturated rings. The quantitative estimate of drug-likeness (QED) is 0.311. The van der Waals surface area contributed by atoms with E-state index in [0.717, 1.165) is 16.8 Å². The fraction of sp³-hybridized carbons (Fsp3) is 0.233. The highest BCUT2D eigenvalue weighted by Crippen LogP contribution is 2.32. The number of imidazole rings is 1. The van der Waals surface area contributed by atoms with Gasteiger partial charge in [0.05, 0.1) is 29.7 Å². The number of phenols is 1. The minimum absolute atomic E-state index is 0.00870. The second kappa shape index (κ2) is 11.7. The number of phenolic OH excluding ortho intramolecular Hbond substituents is 1. The first-order chi connectivity index (χ1) is 18.9. The molecule has 0 aliphatic carbocycles. The number of halogens is 2. The predicted molar refractivity (Wildman–Crippen MR) is 145 cm³/mol. The Morgan fingerprint density at radius 2 is 2.00 bits per heavy atom. The Labute approximate surface area is 231 Å². The molecule has 4 aromatic rings. The molecule has 39 heavy (non-hydrogen) atoms. The molecule has 0 radical (unpaired) electrons. The van der Waals surface area contributed by atoms with Crippen molar-refractivity contribution in [3.05, 3.63) is 118 Å². The molecule has 1 saturated heterocycles. The van der Waals surface area contributed by atoms with Crippen LogP contribution in [0.25, 0.3) is 0 Å². The average Bonchev–Trinajstić information content (AvgIpc) is 3.51. The van der Waals surface area contributed by atoms with Crippen molar-refractivity contribution >= 4 is 17.5 Å². The fourth-order valence-electron chi connectivity index (χ4n) is 5.04. The molecule has 7 nitrogen and oxygen atoms in total. The number of rotatable bonds is 9. The van der Waals surface area contributed by atoms with Gasteiger partial charge in [-0.25, -0.2) is 9.37 Å². The van der Waals surface area contributed by atoms with E-state index in [2.05, 4.69) is 10.3 Å². The fourth-order valence-corrected chi connectivity index (χ4v) is 5.25. The third kappa shape index (κ3) is 6.11. The van der Waals surface area contributed by atoms with E-state index in [4.69, 9.17) is 16.9 Å². The normalized spacial score (nSPS) is 15.9. The van der Waals surface area contributed by atoms with Crippen LogP contribution in [0, 0.1) is 17.1 Å². The zero-order valence-corrected chi connectivity index (χ0v) is 21.9. The highest BCUT2D eigenvalue weighted by atomic mass is 35.5. The first-order valence-electron chi connectivity index (χ1n) is 12.7. The Morgan fingerprint density at radius 1 is 1.15 bits per heavy atom. The van der Waals surface area contributed by atoms with Crippen molar-refractivity contribution in [1.82, 2.24) is 19.8 Å². The van der Waals surface area contributed by atoms with E-state index >= 15 is 0 Å². The van der Waals surface area contributed by atoms with Gasteiger partial charge in [-0.2, -0.15) is 5.26 Å². The summed E-state index contributed by atoms with van der Waals surface area (Å²) in [6.45, 7) is 1.37. The average molecular weight is 544 g/mol. The summed E-state index contributed by atoms with van der Waals surface area (Å²) in [6, 6.07) is 20.4. The van der Waals surface area contributed by atoms with Crippen LogP contribution in [-0.4, -0.2) is 38.1 Å². The predicted octanol–water partition coefficient (Wildman–Crippen LogP) is 4.98. The molecule has 2 N–H and O–H groups in total. The molecule has 198 valence electrons. The first kappa shape index (κ1) is 26.4. The largest absolute Gasteiger partial charge is 0.508 e. The van der Waals surface area contributed by atoms with Gasteiger partial charge in [-0.05, 0) is 65.9 Å². The van der Waals surface area contributed by atoms with E-state index in [0.29, 0.717) is 43.1 Å². The molecule has 1 aliphatic heterocycles. The van der Waals surface area contributed by atoms with E-state index in [1.54, 1.807) is 36.8 Å². The van der Waals surface area contributed by atoms with E-state index in [1.807, 2.05) is 45.9 Å². The maximum absolute atomic E-state index is 14.1. The lowest BCUT2D eigenvalue weighted by atomic mass is 9.97. The van der Waals surface area contributed by atoms with Gasteiger partial charge in [0.25, 0.3) is 0 Å². The summed E-state index contributed by atoms with van der Waals surface area (Å²) in [6.07, 6.45) is 4.59. The van der Waals surface area contributed by atoms with Gasteiger partial charge in [0.1, 0.15) is 17.6 Å². The van der Waals surface area contributed by atoms with Crippen LogP contribution in [0.15, 0.2) is 79.3 Å².